The Kier molecular flexibility index (Phi) is 6.44. The van der Waals surface area contributed by atoms with Crippen LogP contribution in [0.15, 0.2) is 18.3 Å². The molecule has 1 amide bonds. The van der Waals surface area contributed by atoms with Crippen molar-refractivity contribution in [2.24, 2.45) is 0 Å². The monoisotopic (exact) mass is 347 g/mol. The normalized spacial score (nSPS) is 19.1. The second-order valence-corrected chi connectivity index (χ2v) is 8.03. The summed E-state index contributed by atoms with van der Waals surface area (Å²) in [5.41, 5.74) is 0.714. The lowest BCUT2D eigenvalue weighted by atomic mass is 9.96. The molecule has 1 saturated heterocycles. The van der Waals surface area contributed by atoms with E-state index in [0.29, 0.717) is 11.9 Å². The lowest BCUT2D eigenvalue weighted by molar-refractivity contribution is 0.0569. The minimum absolute atomic E-state index is 0.0185. The number of hydrogen-bond acceptors (Lipinski definition) is 4. The van der Waals surface area contributed by atoms with Crippen LogP contribution >= 0.6 is 0 Å². The van der Waals surface area contributed by atoms with Gasteiger partial charge in [0.15, 0.2) is 0 Å². The molecule has 1 aromatic rings. The predicted octanol–water partition coefficient (Wildman–Crippen LogP) is 4.78. The lowest BCUT2D eigenvalue weighted by Crippen LogP contribution is -2.41. The molecule has 2 heterocycles. The molecule has 0 unspecified atom stereocenters. The quantitative estimate of drug-likeness (QED) is 0.786. The Morgan fingerprint density at radius 2 is 2.08 bits per heavy atom. The van der Waals surface area contributed by atoms with Gasteiger partial charge in [0.25, 0.3) is 0 Å². The van der Waals surface area contributed by atoms with E-state index in [9.17, 15) is 4.79 Å². The first kappa shape index (κ1) is 19.7. The van der Waals surface area contributed by atoms with Crippen molar-refractivity contribution in [1.29, 1.82) is 0 Å². The highest BCUT2D eigenvalue weighted by molar-refractivity contribution is 5.87. The number of rotatable bonds is 4. The van der Waals surface area contributed by atoms with E-state index in [1.54, 1.807) is 4.90 Å². The van der Waals surface area contributed by atoms with Gasteiger partial charge in [0.05, 0.1) is 0 Å². The summed E-state index contributed by atoms with van der Waals surface area (Å²) in [6, 6.07) is 4.48. The van der Waals surface area contributed by atoms with Crippen LogP contribution in [0.3, 0.4) is 0 Å². The zero-order valence-corrected chi connectivity index (χ0v) is 16.6. The van der Waals surface area contributed by atoms with Gasteiger partial charge in [-0.2, -0.15) is 0 Å². The van der Waals surface area contributed by atoms with Crippen molar-refractivity contribution in [3.05, 3.63) is 23.9 Å². The Labute approximate surface area is 152 Å². The van der Waals surface area contributed by atoms with Crippen molar-refractivity contribution in [2.45, 2.75) is 78.5 Å². The first-order chi connectivity index (χ1) is 11.7. The number of anilines is 1. The maximum atomic E-state index is 12.5. The lowest BCUT2D eigenvalue weighted by Gasteiger charge is -2.35. The molecular formula is C20H33N3O2. The van der Waals surface area contributed by atoms with Gasteiger partial charge in [0.2, 0.25) is 0 Å². The van der Waals surface area contributed by atoms with Gasteiger partial charge in [0.1, 0.15) is 11.4 Å². The summed E-state index contributed by atoms with van der Waals surface area (Å²) in [7, 11) is 0. The molecule has 0 saturated carbocycles. The number of pyridine rings is 1. The molecule has 140 valence electrons. The third-order valence-corrected chi connectivity index (χ3v) is 4.53. The molecular weight excluding hydrogens is 314 g/mol. The van der Waals surface area contributed by atoms with Crippen molar-refractivity contribution >= 4 is 11.9 Å². The van der Waals surface area contributed by atoms with E-state index < -0.39 is 5.60 Å². The first-order valence-electron chi connectivity index (χ1n) is 9.45. The van der Waals surface area contributed by atoms with E-state index in [4.69, 9.17) is 4.74 Å². The highest BCUT2D eigenvalue weighted by Gasteiger charge is 2.27. The van der Waals surface area contributed by atoms with Crippen LogP contribution in [0.1, 0.15) is 72.4 Å². The van der Waals surface area contributed by atoms with Crippen LogP contribution < -0.4 is 4.90 Å². The van der Waals surface area contributed by atoms with E-state index in [0.717, 1.165) is 13.1 Å². The Bertz CT molecular complexity index is 563. The number of aromatic nitrogens is 1. The second kappa shape index (κ2) is 8.17. The molecule has 0 spiro atoms. The molecule has 25 heavy (non-hydrogen) atoms. The summed E-state index contributed by atoms with van der Waals surface area (Å²) in [6.07, 6.45) is 5.28. The van der Waals surface area contributed by atoms with Gasteiger partial charge >= 0.3 is 6.09 Å². The number of nitrogens with zero attached hydrogens (tertiary/aromatic N) is 3. The fourth-order valence-corrected chi connectivity index (χ4v) is 3.36. The van der Waals surface area contributed by atoms with Gasteiger partial charge in [-0.05, 0) is 72.2 Å². The second-order valence-electron chi connectivity index (χ2n) is 8.03. The topological polar surface area (TPSA) is 45.7 Å². The standard InChI is InChI=1S/C20H33N3O2/c1-7-22-13-9-8-10-17(22)16-11-12-18(21-14-16)23(15(2)3)19(24)25-20(4,5)6/h11-12,14-15,17H,7-10,13H2,1-6H3/t17-/m0/s1. The summed E-state index contributed by atoms with van der Waals surface area (Å²) in [5, 5.41) is 0. The SMILES string of the molecule is CCN1CCCC[C@H]1c1ccc(N(C(=O)OC(C)(C)C)C(C)C)nc1. The van der Waals surface area contributed by atoms with Gasteiger partial charge < -0.3 is 4.74 Å². The average molecular weight is 348 g/mol. The van der Waals surface area contributed by atoms with E-state index >= 15 is 0 Å². The fourth-order valence-electron chi connectivity index (χ4n) is 3.36. The van der Waals surface area contributed by atoms with Crippen molar-refractivity contribution < 1.29 is 9.53 Å². The van der Waals surface area contributed by atoms with Crippen LogP contribution in [0, 0.1) is 0 Å². The first-order valence-corrected chi connectivity index (χ1v) is 9.45. The molecule has 0 aromatic carbocycles. The Morgan fingerprint density at radius 3 is 2.60 bits per heavy atom. The Balaban J connectivity index is 2.19. The molecule has 0 aliphatic carbocycles. The van der Waals surface area contributed by atoms with E-state index in [1.807, 2.05) is 46.9 Å². The van der Waals surface area contributed by atoms with Crippen LogP contribution in [-0.2, 0) is 4.74 Å². The number of amides is 1. The van der Waals surface area contributed by atoms with Gasteiger partial charge in [0, 0.05) is 18.3 Å². The molecule has 1 atom stereocenters. The third kappa shape index (κ3) is 5.18. The molecule has 1 aliphatic heterocycles. The van der Waals surface area contributed by atoms with Gasteiger partial charge in [-0.1, -0.05) is 19.4 Å². The van der Waals surface area contributed by atoms with Crippen molar-refractivity contribution in [3.63, 3.8) is 0 Å². The largest absolute Gasteiger partial charge is 0.443 e. The molecule has 1 fully saturated rings. The molecule has 1 aliphatic rings. The molecule has 5 heteroatoms. The van der Waals surface area contributed by atoms with E-state index in [-0.39, 0.29) is 12.1 Å². The van der Waals surface area contributed by atoms with Crippen molar-refractivity contribution in [3.8, 4) is 0 Å². The maximum Gasteiger partial charge on any atom is 0.416 e. The zero-order valence-electron chi connectivity index (χ0n) is 16.6. The smallest absolute Gasteiger partial charge is 0.416 e. The number of likely N-dealkylation sites (tertiary alicyclic amines) is 1. The van der Waals surface area contributed by atoms with Crippen molar-refractivity contribution in [2.75, 3.05) is 18.0 Å². The summed E-state index contributed by atoms with van der Waals surface area (Å²) in [5.74, 6) is 0.645. The third-order valence-electron chi connectivity index (χ3n) is 4.53. The Hall–Kier alpha value is -1.62. The van der Waals surface area contributed by atoms with E-state index in [1.165, 1.54) is 24.8 Å². The van der Waals surface area contributed by atoms with Gasteiger partial charge in [-0.25, -0.2) is 9.78 Å². The van der Waals surface area contributed by atoms with Gasteiger partial charge in [-0.15, -0.1) is 0 Å². The minimum atomic E-state index is -0.520. The van der Waals surface area contributed by atoms with Gasteiger partial charge in [-0.3, -0.25) is 9.80 Å². The number of ether oxygens (including phenoxy) is 1. The molecule has 0 N–H and O–H groups in total. The van der Waals surface area contributed by atoms with Crippen LogP contribution in [0.25, 0.3) is 0 Å². The fraction of sp³-hybridized carbons (Fsp3) is 0.700. The highest BCUT2D eigenvalue weighted by Crippen LogP contribution is 2.31. The number of piperidine rings is 1. The van der Waals surface area contributed by atoms with Crippen LogP contribution in [0.2, 0.25) is 0 Å². The minimum Gasteiger partial charge on any atom is -0.443 e. The summed E-state index contributed by atoms with van der Waals surface area (Å²) < 4.78 is 5.54. The van der Waals surface area contributed by atoms with Crippen LogP contribution in [0.5, 0.6) is 0 Å². The summed E-state index contributed by atoms with van der Waals surface area (Å²) >= 11 is 0. The molecule has 0 radical (unpaired) electrons. The number of carbonyl (C=O) groups is 1. The summed E-state index contributed by atoms with van der Waals surface area (Å²) in [6.45, 7) is 14.0. The predicted molar refractivity (Wildman–Crippen MR) is 102 cm³/mol. The molecule has 5 nitrogen and oxygen atoms in total. The van der Waals surface area contributed by atoms with Crippen LogP contribution in [-0.4, -0.2) is 40.7 Å². The Morgan fingerprint density at radius 1 is 1.36 bits per heavy atom. The highest BCUT2D eigenvalue weighted by atomic mass is 16.6. The molecule has 1 aromatic heterocycles. The number of carbonyl (C=O) groups excluding carboxylic acids is 1. The molecule has 2 rings (SSSR count). The zero-order chi connectivity index (χ0) is 18.6. The maximum absolute atomic E-state index is 12.5. The molecule has 0 bridgehead atoms. The van der Waals surface area contributed by atoms with E-state index in [2.05, 4.69) is 22.9 Å². The summed E-state index contributed by atoms with van der Waals surface area (Å²) in [4.78, 5) is 21.3. The van der Waals surface area contributed by atoms with Crippen molar-refractivity contribution in [1.82, 2.24) is 9.88 Å². The number of hydrogen-bond donors (Lipinski definition) is 0. The van der Waals surface area contributed by atoms with Crippen LogP contribution in [0.4, 0.5) is 10.6 Å². The average Bonchev–Trinajstić information content (AvgIpc) is 2.53.